The number of para-hydroxylation sites is 1. The van der Waals surface area contributed by atoms with Crippen LogP contribution in [-0.2, 0) is 11.2 Å². The van der Waals surface area contributed by atoms with Gasteiger partial charge in [0.1, 0.15) is 0 Å². The molecule has 0 aliphatic carbocycles. The Labute approximate surface area is 98.8 Å². The Morgan fingerprint density at radius 2 is 2.41 bits per heavy atom. The highest BCUT2D eigenvalue weighted by Crippen LogP contribution is 2.27. The van der Waals surface area contributed by atoms with Crippen molar-refractivity contribution in [2.75, 3.05) is 11.9 Å². The molecular formula is C12H12N4O. The van der Waals surface area contributed by atoms with Gasteiger partial charge in [0.05, 0.1) is 12.1 Å². The van der Waals surface area contributed by atoms with Crippen LogP contribution in [0, 0.1) is 0 Å². The molecule has 0 aromatic heterocycles. The van der Waals surface area contributed by atoms with E-state index in [0.29, 0.717) is 19.4 Å². The summed E-state index contributed by atoms with van der Waals surface area (Å²) in [4.78, 5) is 14.0. The zero-order valence-corrected chi connectivity index (χ0v) is 9.26. The van der Waals surface area contributed by atoms with Crippen LogP contribution in [0.3, 0.4) is 0 Å². The van der Waals surface area contributed by atoms with Gasteiger partial charge in [-0.3, -0.25) is 4.79 Å². The Hall–Kier alpha value is -2.26. The maximum absolute atomic E-state index is 11.3. The second-order valence-corrected chi connectivity index (χ2v) is 3.75. The molecule has 1 heterocycles. The van der Waals surface area contributed by atoms with Crippen molar-refractivity contribution in [2.45, 2.75) is 12.8 Å². The fourth-order valence-corrected chi connectivity index (χ4v) is 1.80. The number of fused-ring (bicyclic) bond motifs is 1. The summed E-state index contributed by atoms with van der Waals surface area (Å²) in [5.74, 6) is 0.0370. The number of benzene rings is 1. The molecule has 0 unspecified atom stereocenters. The van der Waals surface area contributed by atoms with Crippen LogP contribution in [0.15, 0.2) is 29.4 Å². The van der Waals surface area contributed by atoms with Crippen LogP contribution in [-0.4, -0.2) is 12.5 Å². The lowest BCUT2D eigenvalue weighted by atomic mass is 10.1. The highest BCUT2D eigenvalue weighted by molar-refractivity contribution is 6.01. The molecule has 0 atom stereocenters. The van der Waals surface area contributed by atoms with Gasteiger partial charge in [-0.1, -0.05) is 35.5 Å². The van der Waals surface area contributed by atoms with Crippen LogP contribution >= 0.6 is 0 Å². The third-order valence-corrected chi connectivity index (χ3v) is 2.55. The normalized spacial score (nSPS) is 13.3. The molecule has 0 fully saturated rings. The SMILES string of the molecule is [N-]=[N+]=NCCC=Cc1cccc2c1NC(=O)C2. The average molecular weight is 228 g/mol. The van der Waals surface area contributed by atoms with Crippen molar-refractivity contribution in [3.63, 3.8) is 0 Å². The highest BCUT2D eigenvalue weighted by atomic mass is 16.1. The Bertz CT molecular complexity index is 515. The summed E-state index contributed by atoms with van der Waals surface area (Å²) < 4.78 is 0. The lowest BCUT2D eigenvalue weighted by molar-refractivity contribution is -0.115. The number of nitrogens with zero attached hydrogens (tertiary/aromatic N) is 3. The summed E-state index contributed by atoms with van der Waals surface area (Å²) >= 11 is 0. The minimum atomic E-state index is 0.0370. The van der Waals surface area contributed by atoms with Gasteiger partial charge in [-0.2, -0.15) is 0 Å². The zero-order valence-electron chi connectivity index (χ0n) is 9.26. The number of carbonyl (C=O) groups is 1. The molecule has 5 heteroatoms. The smallest absolute Gasteiger partial charge is 0.228 e. The van der Waals surface area contributed by atoms with Gasteiger partial charge in [-0.25, -0.2) is 0 Å². The summed E-state index contributed by atoms with van der Waals surface area (Å²) in [6.45, 7) is 0.453. The van der Waals surface area contributed by atoms with E-state index in [1.807, 2.05) is 30.4 Å². The standard InChI is InChI=1S/C12H12N4O/c13-16-14-7-2-1-4-9-5-3-6-10-8-11(17)15-12(9)10/h1,3-6H,2,7-8H2,(H,15,17). The number of hydrogen-bond acceptors (Lipinski definition) is 2. The largest absolute Gasteiger partial charge is 0.325 e. The molecule has 0 saturated heterocycles. The molecular weight excluding hydrogens is 216 g/mol. The van der Waals surface area contributed by atoms with E-state index in [2.05, 4.69) is 15.3 Å². The predicted molar refractivity (Wildman–Crippen MR) is 66.4 cm³/mol. The second kappa shape index (κ2) is 5.18. The third-order valence-electron chi connectivity index (χ3n) is 2.55. The van der Waals surface area contributed by atoms with Gasteiger partial charge in [0.25, 0.3) is 0 Å². The van der Waals surface area contributed by atoms with E-state index >= 15 is 0 Å². The van der Waals surface area contributed by atoms with Crippen LogP contribution in [0.4, 0.5) is 5.69 Å². The van der Waals surface area contributed by atoms with Crippen molar-refractivity contribution in [2.24, 2.45) is 5.11 Å². The van der Waals surface area contributed by atoms with Crippen LogP contribution in [0.5, 0.6) is 0 Å². The number of rotatable bonds is 4. The first kappa shape index (κ1) is 11.2. The monoisotopic (exact) mass is 228 g/mol. The van der Waals surface area contributed by atoms with Gasteiger partial charge in [-0.15, -0.1) is 0 Å². The van der Waals surface area contributed by atoms with E-state index in [1.54, 1.807) is 0 Å². The van der Waals surface area contributed by atoms with E-state index in [0.717, 1.165) is 16.8 Å². The van der Waals surface area contributed by atoms with Gasteiger partial charge in [0, 0.05) is 11.5 Å². The van der Waals surface area contributed by atoms with Gasteiger partial charge in [0.2, 0.25) is 5.91 Å². The first-order chi connectivity index (χ1) is 8.31. The summed E-state index contributed by atoms with van der Waals surface area (Å²) in [6, 6.07) is 5.84. The number of nitrogens with one attached hydrogen (secondary N) is 1. The van der Waals surface area contributed by atoms with E-state index < -0.39 is 0 Å². The van der Waals surface area contributed by atoms with Gasteiger partial charge >= 0.3 is 0 Å². The lowest BCUT2D eigenvalue weighted by Crippen LogP contribution is -2.04. The second-order valence-electron chi connectivity index (χ2n) is 3.75. The van der Waals surface area contributed by atoms with Crippen LogP contribution in [0.1, 0.15) is 17.5 Å². The van der Waals surface area contributed by atoms with Crippen molar-refractivity contribution in [3.8, 4) is 0 Å². The molecule has 1 aliphatic rings. The predicted octanol–water partition coefficient (Wildman–Crippen LogP) is 2.89. The fraction of sp³-hybridized carbons (Fsp3) is 0.250. The Morgan fingerprint density at radius 3 is 3.24 bits per heavy atom. The van der Waals surface area contributed by atoms with Crippen LogP contribution in [0.2, 0.25) is 0 Å². The average Bonchev–Trinajstić information content (AvgIpc) is 2.70. The minimum Gasteiger partial charge on any atom is -0.325 e. The molecule has 0 spiro atoms. The molecule has 0 bridgehead atoms. The maximum atomic E-state index is 11.3. The Morgan fingerprint density at radius 1 is 1.53 bits per heavy atom. The van der Waals surface area contributed by atoms with E-state index in [-0.39, 0.29) is 5.91 Å². The summed E-state index contributed by atoms with van der Waals surface area (Å²) in [5, 5.41) is 6.29. The first-order valence-corrected chi connectivity index (χ1v) is 5.40. The van der Waals surface area contributed by atoms with Crippen molar-refractivity contribution in [1.82, 2.24) is 0 Å². The van der Waals surface area contributed by atoms with Crippen molar-refractivity contribution in [1.29, 1.82) is 0 Å². The van der Waals surface area contributed by atoms with Crippen LogP contribution in [0.25, 0.3) is 16.5 Å². The van der Waals surface area contributed by atoms with Crippen molar-refractivity contribution < 1.29 is 4.79 Å². The Kier molecular flexibility index (Phi) is 3.43. The Balaban J connectivity index is 2.10. The molecule has 17 heavy (non-hydrogen) atoms. The van der Waals surface area contributed by atoms with Crippen molar-refractivity contribution in [3.05, 3.63) is 45.8 Å². The van der Waals surface area contributed by atoms with Crippen LogP contribution < -0.4 is 5.32 Å². The number of azide groups is 1. The molecule has 0 saturated carbocycles. The van der Waals surface area contributed by atoms with E-state index in [1.165, 1.54) is 0 Å². The molecule has 1 aromatic rings. The lowest BCUT2D eigenvalue weighted by Gasteiger charge is -2.02. The number of anilines is 1. The van der Waals surface area contributed by atoms with Gasteiger partial charge < -0.3 is 5.32 Å². The number of amides is 1. The van der Waals surface area contributed by atoms with E-state index in [9.17, 15) is 4.79 Å². The zero-order chi connectivity index (χ0) is 12.1. The summed E-state index contributed by atoms with van der Waals surface area (Å²) in [6.07, 6.45) is 5.03. The molecule has 1 aromatic carbocycles. The van der Waals surface area contributed by atoms with Gasteiger partial charge in [-0.05, 0) is 23.1 Å². The number of carbonyl (C=O) groups excluding carboxylic acids is 1. The maximum Gasteiger partial charge on any atom is 0.228 e. The third kappa shape index (κ3) is 2.65. The van der Waals surface area contributed by atoms with Crippen molar-refractivity contribution >= 4 is 17.7 Å². The summed E-state index contributed by atoms with van der Waals surface area (Å²) in [5.41, 5.74) is 11.1. The topological polar surface area (TPSA) is 77.9 Å². The van der Waals surface area contributed by atoms with Gasteiger partial charge in [0.15, 0.2) is 0 Å². The minimum absolute atomic E-state index is 0.0370. The molecule has 2 rings (SSSR count). The molecule has 1 amide bonds. The van der Waals surface area contributed by atoms with E-state index in [4.69, 9.17) is 5.53 Å². The molecule has 1 aliphatic heterocycles. The number of hydrogen-bond donors (Lipinski definition) is 1. The molecule has 1 N–H and O–H groups in total. The molecule has 86 valence electrons. The first-order valence-electron chi connectivity index (χ1n) is 5.40. The fourth-order valence-electron chi connectivity index (χ4n) is 1.80. The summed E-state index contributed by atoms with van der Waals surface area (Å²) in [7, 11) is 0. The molecule has 5 nitrogen and oxygen atoms in total. The molecule has 0 radical (unpaired) electrons. The highest BCUT2D eigenvalue weighted by Gasteiger charge is 2.18. The quantitative estimate of drug-likeness (QED) is 0.365.